The number of aromatic nitrogens is 3. The van der Waals surface area contributed by atoms with Crippen molar-refractivity contribution in [3.63, 3.8) is 0 Å². The van der Waals surface area contributed by atoms with Crippen molar-refractivity contribution < 1.29 is 9.53 Å². The highest BCUT2D eigenvalue weighted by molar-refractivity contribution is 6.30. The molecule has 0 amide bonds. The minimum atomic E-state index is -0.339. The van der Waals surface area contributed by atoms with Crippen molar-refractivity contribution in [2.24, 2.45) is 0 Å². The van der Waals surface area contributed by atoms with Gasteiger partial charge < -0.3 is 4.74 Å². The molecule has 88 valence electrons. The zero-order valence-electron chi connectivity index (χ0n) is 9.13. The van der Waals surface area contributed by atoms with Crippen LogP contribution in [-0.4, -0.2) is 21.0 Å². The summed E-state index contributed by atoms with van der Waals surface area (Å²) >= 11 is 5.80. The normalized spacial score (nSPS) is 10.2. The lowest BCUT2D eigenvalue weighted by Gasteiger charge is -2.06. The summed E-state index contributed by atoms with van der Waals surface area (Å²) in [6.07, 6.45) is 1.55. The molecule has 1 aromatic carbocycles. The summed E-state index contributed by atoms with van der Waals surface area (Å²) in [7, 11) is 0. The minimum Gasteiger partial charge on any atom is -0.459 e. The molecule has 0 aliphatic carbocycles. The number of nitrogens with zero attached hydrogens (tertiary/aromatic N) is 3. The van der Waals surface area contributed by atoms with Gasteiger partial charge in [0.2, 0.25) is 0 Å². The standard InChI is InChI=1S/C11H10ClN3O2/c1-8(16)17-7-11-6-13-14-15(11)10-4-2-9(12)3-5-10/h2-6H,7H2,1H3. The second kappa shape index (κ2) is 4.97. The number of benzene rings is 1. The second-order valence-corrected chi connectivity index (χ2v) is 3.83. The lowest BCUT2D eigenvalue weighted by atomic mass is 10.3. The van der Waals surface area contributed by atoms with Gasteiger partial charge >= 0.3 is 5.97 Å². The fourth-order valence-electron chi connectivity index (χ4n) is 1.33. The molecule has 0 aliphatic heterocycles. The molecule has 0 atom stereocenters. The minimum absolute atomic E-state index is 0.144. The van der Waals surface area contributed by atoms with Crippen LogP contribution in [0.3, 0.4) is 0 Å². The van der Waals surface area contributed by atoms with E-state index in [0.717, 1.165) is 5.69 Å². The third kappa shape index (κ3) is 2.82. The average Bonchev–Trinajstić information content (AvgIpc) is 2.75. The van der Waals surface area contributed by atoms with Crippen molar-refractivity contribution in [3.05, 3.63) is 41.2 Å². The maximum absolute atomic E-state index is 10.7. The lowest BCUT2D eigenvalue weighted by molar-refractivity contribution is -0.142. The van der Waals surface area contributed by atoms with Gasteiger partial charge in [-0.3, -0.25) is 4.79 Å². The quantitative estimate of drug-likeness (QED) is 0.783. The van der Waals surface area contributed by atoms with E-state index in [1.807, 2.05) is 12.1 Å². The molecule has 17 heavy (non-hydrogen) atoms. The van der Waals surface area contributed by atoms with Gasteiger partial charge in [0, 0.05) is 11.9 Å². The van der Waals surface area contributed by atoms with E-state index in [0.29, 0.717) is 10.7 Å². The van der Waals surface area contributed by atoms with Crippen LogP contribution >= 0.6 is 11.6 Å². The van der Waals surface area contributed by atoms with Crippen LogP contribution in [0.1, 0.15) is 12.6 Å². The summed E-state index contributed by atoms with van der Waals surface area (Å²) in [5.74, 6) is -0.339. The number of hydrogen-bond acceptors (Lipinski definition) is 4. The Labute approximate surface area is 103 Å². The number of halogens is 1. The largest absolute Gasteiger partial charge is 0.459 e. The van der Waals surface area contributed by atoms with Crippen molar-refractivity contribution in [1.29, 1.82) is 0 Å². The van der Waals surface area contributed by atoms with Gasteiger partial charge in [0.1, 0.15) is 12.3 Å². The fraction of sp³-hybridized carbons (Fsp3) is 0.182. The van der Waals surface area contributed by atoms with Gasteiger partial charge in [0.05, 0.1) is 11.9 Å². The molecule has 0 fully saturated rings. The van der Waals surface area contributed by atoms with Gasteiger partial charge in [-0.05, 0) is 24.3 Å². The van der Waals surface area contributed by atoms with Crippen LogP contribution in [0.15, 0.2) is 30.5 Å². The van der Waals surface area contributed by atoms with Crippen LogP contribution in [0.25, 0.3) is 5.69 Å². The van der Waals surface area contributed by atoms with Crippen LogP contribution in [0.4, 0.5) is 0 Å². The molecular formula is C11H10ClN3O2. The third-order valence-corrected chi connectivity index (χ3v) is 2.37. The van der Waals surface area contributed by atoms with Crippen LogP contribution in [0.5, 0.6) is 0 Å². The highest BCUT2D eigenvalue weighted by atomic mass is 35.5. The Bertz CT molecular complexity index is 522. The highest BCUT2D eigenvalue weighted by Gasteiger charge is 2.07. The third-order valence-electron chi connectivity index (χ3n) is 2.11. The zero-order chi connectivity index (χ0) is 12.3. The Morgan fingerprint density at radius 1 is 1.41 bits per heavy atom. The van der Waals surface area contributed by atoms with Crippen molar-refractivity contribution >= 4 is 17.6 Å². The molecule has 0 radical (unpaired) electrons. The molecule has 5 nitrogen and oxygen atoms in total. The molecular weight excluding hydrogens is 242 g/mol. The molecule has 1 heterocycles. The van der Waals surface area contributed by atoms with E-state index in [1.54, 1.807) is 23.0 Å². The zero-order valence-corrected chi connectivity index (χ0v) is 9.89. The Morgan fingerprint density at radius 2 is 2.12 bits per heavy atom. The van der Waals surface area contributed by atoms with Gasteiger partial charge in [-0.1, -0.05) is 16.8 Å². The summed E-state index contributed by atoms with van der Waals surface area (Å²) in [5.41, 5.74) is 1.51. The number of ether oxygens (including phenoxy) is 1. The number of esters is 1. The lowest BCUT2D eigenvalue weighted by Crippen LogP contribution is -2.06. The second-order valence-electron chi connectivity index (χ2n) is 3.39. The van der Waals surface area contributed by atoms with Crippen molar-refractivity contribution in [2.45, 2.75) is 13.5 Å². The summed E-state index contributed by atoms with van der Waals surface area (Å²) < 4.78 is 6.50. The van der Waals surface area contributed by atoms with E-state index >= 15 is 0 Å². The Balaban J connectivity index is 2.24. The summed E-state index contributed by atoms with van der Waals surface area (Å²) in [5, 5.41) is 8.36. The van der Waals surface area contributed by atoms with E-state index in [9.17, 15) is 4.79 Å². The number of carbonyl (C=O) groups is 1. The molecule has 0 aliphatic rings. The molecule has 0 N–H and O–H groups in total. The predicted octanol–water partition coefficient (Wildman–Crippen LogP) is 1.98. The number of carbonyl (C=O) groups excluding carboxylic acids is 1. The topological polar surface area (TPSA) is 57.0 Å². The first-order valence-corrected chi connectivity index (χ1v) is 5.33. The van der Waals surface area contributed by atoms with Gasteiger partial charge in [0.15, 0.2) is 0 Å². The van der Waals surface area contributed by atoms with E-state index < -0.39 is 0 Å². The van der Waals surface area contributed by atoms with Crippen molar-refractivity contribution in [1.82, 2.24) is 15.0 Å². The number of hydrogen-bond donors (Lipinski definition) is 0. The highest BCUT2D eigenvalue weighted by Crippen LogP contribution is 2.14. The van der Waals surface area contributed by atoms with Gasteiger partial charge in [-0.25, -0.2) is 4.68 Å². The maximum atomic E-state index is 10.7. The monoisotopic (exact) mass is 251 g/mol. The van der Waals surface area contributed by atoms with Crippen LogP contribution in [0.2, 0.25) is 5.02 Å². The van der Waals surface area contributed by atoms with Crippen LogP contribution in [0, 0.1) is 0 Å². The van der Waals surface area contributed by atoms with E-state index in [-0.39, 0.29) is 12.6 Å². The van der Waals surface area contributed by atoms with Crippen molar-refractivity contribution in [3.8, 4) is 5.69 Å². The molecule has 0 saturated carbocycles. The molecule has 0 bridgehead atoms. The summed E-state index contributed by atoms with van der Waals surface area (Å²) in [6, 6.07) is 7.14. The first-order chi connectivity index (χ1) is 8.16. The van der Waals surface area contributed by atoms with Gasteiger partial charge in [-0.15, -0.1) is 5.10 Å². The Kier molecular flexibility index (Phi) is 3.39. The average molecular weight is 252 g/mol. The summed E-state index contributed by atoms with van der Waals surface area (Å²) in [4.78, 5) is 10.7. The fourth-order valence-corrected chi connectivity index (χ4v) is 1.46. The first kappa shape index (κ1) is 11.6. The van der Waals surface area contributed by atoms with Crippen LogP contribution in [-0.2, 0) is 16.1 Å². The summed E-state index contributed by atoms with van der Waals surface area (Å²) in [6.45, 7) is 1.50. The van der Waals surface area contributed by atoms with E-state index in [2.05, 4.69) is 10.3 Å². The van der Waals surface area contributed by atoms with Crippen LogP contribution < -0.4 is 0 Å². The Morgan fingerprint density at radius 3 is 2.76 bits per heavy atom. The molecule has 1 aromatic heterocycles. The van der Waals surface area contributed by atoms with Gasteiger partial charge in [-0.2, -0.15) is 0 Å². The smallest absolute Gasteiger partial charge is 0.303 e. The Hall–Kier alpha value is -1.88. The molecule has 0 spiro atoms. The molecule has 2 aromatic rings. The predicted molar refractivity (Wildman–Crippen MR) is 61.8 cm³/mol. The van der Waals surface area contributed by atoms with Gasteiger partial charge in [0.25, 0.3) is 0 Å². The molecule has 2 rings (SSSR count). The first-order valence-electron chi connectivity index (χ1n) is 4.95. The number of rotatable bonds is 3. The SMILES string of the molecule is CC(=O)OCc1cnnn1-c1ccc(Cl)cc1. The maximum Gasteiger partial charge on any atom is 0.303 e. The van der Waals surface area contributed by atoms with E-state index in [4.69, 9.17) is 16.3 Å². The van der Waals surface area contributed by atoms with E-state index in [1.165, 1.54) is 6.92 Å². The molecule has 0 saturated heterocycles. The molecule has 0 unspecified atom stereocenters. The van der Waals surface area contributed by atoms with Crippen molar-refractivity contribution in [2.75, 3.05) is 0 Å². The molecule has 6 heteroatoms.